The van der Waals surface area contributed by atoms with Gasteiger partial charge in [-0.3, -0.25) is 0 Å². The lowest BCUT2D eigenvalue weighted by atomic mass is 10.3. The quantitative estimate of drug-likeness (QED) is 0.184. The maximum atomic E-state index is 2.27. The standard InChI is InChI=1S/4C8H20N.4H2O/c4*1-5-9(6-2,7-3)8-4;;;;/h4*5-8H2,1-4H3;4*1H2/q4*+1;;;;/p-4. The molecule has 0 saturated carbocycles. The van der Waals surface area contributed by atoms with E-state index >= 15 is 0 Å². The molecule has 0 fully saturated rings. The van der Waals surface area contributed by atoms with Crippen LogP contribution in [0.2, 0.25) is 0 Å². The van der Waals surface area contributed by atoms with Gasteiger partial charge in [-0.1, -0.05) is 0 Å². The molecule has 8 nitrogen and oxygen atoms in total. The molecule has 0 aliphatic rings. The molecule has 0 spiro atoms. The van der Waals surface area contributed by atoms with E-state index < -0.39 is 0 Å². The summed E-state index contributed by atoms with van der Waals surface area (Å²) in [7, 11) is 0. The Labute approximate surface area is 255 Å². The van der Waals surface area contributed by atoms with Gasteiger partial charge in [0.05, 0.1) is 105 Å². The predicted molar refractivity (Wildman–Crippen MR) is 177 cm³/mol. The molecule has 0 aliphatic carbocycles. The van der Waals surface area contributed by atoms with Crippen molar-refractivity contribution in [1.29, 1.82) is 0 Å². The van der Waals surface area contributed by atoms with Gasteiger partial charge in [0.15, 0.2) is 0 Å². The molecule has 0 heterocycles. The average Bonchev–Trinajstić information content (AvgIpc) is 2.96. The minimum Gasteiger partial charge on any atom is -0.870 e. The van der Waals surface area contributed by atoms with Crippen LogP contribution in [-0.2, 0) is 0 Å². The Morgan fingerprint density at radius 1 is 0.175 bits per heavy atom. The van der Waals surface area contributed by atoms with Crippen molar-refractivity contribution < 1.29 is 39.8 Å². The van der Waals surface area contributed by atoms with Crippen LogP contribution in [0.15, 0.2) is 0 Å². The highest BCUT2D eigenvalue weighted by molar-refractivity contribution is 4.33. The Morgan fingerprint density at radius 2 is 0.225 bits per heavy atom. The summed E-state index contributed by atoms with van der Waals surface area (Å²) in [5.74, 6) is 0. The molecule has 0 aliphatic heterocycles. The zero-order valence-corrected chi connectivity index (χ0v) is 30.9. The van der Waals surface area contributed by atoms with Gasteiger partial charge >= 0.3 is 0 Å². The third kappa shape index (κ3) is 22.3. The van der Waals surface area contributed by atoms with Crippen molar-refractivity contribution in [2.75, 3.05) is 105 Å². The smallest absolute Gasteiger partial charge is 0.0757 e. The largest absolute Gasteiger partial charge is 0.870 e. The summed E-state index contributed by atoms with van der Waals surface area (Å²) >= 11 is 0. The molecule has 0 atom stereocenters. The van der Waals surface area contributed by atoms with Gasteiger partial charge in [-0.2, -0.15) is 0 Å². The Bertz CT molecular complexity index is 289. The summed E-state index contributed by atoms with van der Waals surface area (Å²) in [5.41, 5.74) is 0. The van der Waals surface area contributed by atoms with Crippen LogP contribution < -0.4 is 0 Å². The summed E-state index contributed by atoms with van der Waals surface area (Å²) < 4.78 is 5.11. The predicted octanol–water partition coefficient (Wildman–Crippen LogP) is 6.82. The summed E-state index contributed by atoms with van der Waals surface area (Å²) in [6.07, 6.45) is 0. The van der Waals surface area contributed by atoms with Crippen LogP contribution in [0.4, 0.5) is 0 Å². The van der Waals surface area contributed by atoms with Crippen molar-refractivity contribution in [3.63, 3.8) is 0 Å². The fourth-order valence-corrected chi connectivity index (χ4v) is 5.37. The molecule has 0 rings (SSSR count). The van der Waals surface area contributed by atoms with E-state index in [0.29, 0.717) is 0 Å². The van der Waals surface area contributed by atoms with Crippen molar-refractivity contribution in [2.24, 2.45) is 0 Å². The van der Waals surface area contributed by atoms with E-state index in [2.05, 4.69) is 111 Å². The van der Waals surface area contributed by atoms with E-state index in [0.717, 1.165) is 0 Å². The van der Waals surface area contributed by atoms with Crippen LogP contribution in [0.1, 0.15) is 111 Å². The lowest BCUT2D eigenvalue weighted by Gasteiger charge is -2.34. The molecule has 0 radical (unpaired) electrons. The van der Waals surface area contributed by atoms with E-state index in [9.17, 15) is 0 Å². The Hall–Kier alpha value is -0.320. The number of nitrogens with zero attached hydrogens (tertiary/aromatic N) is 4. The zero-order chi connectivity index (χ0) is 29.3. The molecule has 40 heavy (non-hydrogen) atoms. The summed E-state index contributed by atoms with van der Waals surface area (Å²) in [6.45, 7) is 56.9. The summed E-state index contributed by atoms with van der Waals surface area (Å²) in [6, 6.07) is 0. The number of rotatable bonds is 16. The fraction of sp³-hybridized carbons (Fsp3) is 1.00. The molecular weight excluding hydrogens is 504 g/mol. The maximum Gasteiger partial charge on any atom is 0.0757 e. The van der Waals surface area contributed by atoms with Gasteiger partial charge in [-0.25, -0.2) is 0 Å². The summed E-state index contributed by atoms with van der Waals surface area (Å²) in [5, 5.41) is 0. The summed E-state index contributed by atoms with van der Waals surface area (Å²) in [4.78, 5) is 0. The van der Waals surface area contributed by atoms with Gasteiger partial charge in [0, 0.05) is 0 Å². The molecule has 0 unspecified atom stereocenters. The first kappa shape index (κ1) is 59.2. The highest BCUT2D eigenvalue weighted by Crippen LogP contribution is 2.05. The van der Waals surface area contributed by atoms with E-state index in [-0.39, 0.29) is 21.9 Å². The molecule has 8 heteroatoms. The highest BCUT2D eigenvalue weighted by atomic mass is 16.0. The fourth-order valence-electron chi connectivity index (χ4n) is 5.37. The van der Waals surface area contributed by atoms with Crippen LogP contribution in [0.25, 0.3) is 0 Å². The lowest BCUT2D eigenvalue weighted by Crippen LogP contribution is -2.47. The highest BCUT2D eigenvalue weighted by Gasteiger charge is 2.18. The van der Waals surface area contributed by atoms with Gasteiger partial charge in [-0.15, -0.1) is 0 Å². The minimum absolute atomic E-state index is 0. The monoisotopic (exact) mass is 589 g/mol. The molecule has 0 bridgehead atoms. The zero-order valence-electron chi connectivity index (χ0n) is 30.9. The van der Waals surface area contributed by atoms with Crippen molar-refractivity contribution in [3.05, 3.63) is 0 Å². The van der Waals surface area contributed by atoms with Gasteiger partial charge in [-0.05, 0) is 111 Å². The van der Waals surface area contributed by atoms with Crippen molar-refractivity contribution in [2.45, 2.75) is 111 Å². The second kappa shape index (κ2) is 34.9. The van der Waals surface area contributed by atoms with Gasteiger partial charge in [0.1, 0.15) is 0 Å². The van der Waals surface area contributed by atoms with E-state index in [4.69, 9.17) is 0 Å². The molecule has 0 aromatic rings. The first-order chi connectivity index (χ1) is 17.0. The van der Waals surface area contributed by atoms with Gasteiger partial charge in [0.25, 0.3) is 0 Å². The normalized spacial score (nSPS) is 10.8. The van der Waals surface area contributed by atoms with E-state index in [1.54, 1.807) is 0 Å². The molecule has 0 saturated heterocycles. The Morgan fingerprint density at radius 3 is 0.225 bits per heavy atom. The second-order valence-electron chi connectivity index (χ2n) is 10.4. The molecule has 0 aromatic carbocycles. The molecule has 256 valence electrons. The number of hydrogen-bond acceptors (Lipinski definition) is 4. The van der Waals surface area contributed by atoms with Gasteiger partial charge < -0.3 is 39.8 Å². The SMILES string of the molecule is CC[N+](CC)(CC)CC.CC[N+](CC)(CC)CC.CC[N+](CC)(CC)CC.CC[N+](CC)(CC)CC.[OH-].[OH-].[OH-].[OH-]. The lowest BCUT2D eigenvalue weighted by molar-refractivity contribution is -0.921. The minimum atomic E-state index is 0. The topological polar surface area (TPSA) is 120 Å². The van der Waals surface area contributed by atoms with E-state index in [1.165, 1.54) is 123 Å². The van der Waals surface area contributed by atoms with Crippen molar-refractivity contribution in [1.82, 2.24) is 0 Å². The molecule has 0 amide bonds. The Kier molecular flexibility index (Phi) is 51.6. The van der Waals surface area contributed by atoms with Crippen molar-refractivity contribution in [3.8, 4) is 0 Å². The van der Waals surface area contributed by atoms with Crippen LogP contribution in [0.5, 0.6) is 0 Å². The molecule has 4 N–H and O–H groups in total. The van der Waals surface area contributed by atoms with Crippen LogP contribution >= 0.6 is 0 Å². The van der Waals surface area contributed by atoms with E-state index in [1.807, 2.05) is 0 Å². The van der Waals surface area contributed by atoms with Crippen LogP contribution in [0.3, 0.4) is 0 Å². The molecular formula is C32H84N4O4. The third-order valence-electron chi connectivity index (χ3n) is 10.7. The first-order valence-electron chi connectivity index (χ1n) is 16.4. The first-order valence-corrected chi connectivity index (χ1v) is 16.4. The Balaban J connectivity index is -0.0000000551. The molecule has 0 aromatic heterocycles. The van der Waals surface area contributed by atoms with Gasteiger partial charge in [0.2, 0.25) is 0 Å². The number of hydrogen-bond donors (Lipinski definition) is 0. The second-order valence-corrected chi connectivity index (χ2v) is 10.4. The average molecular weight is 589 g/mol. The van der Waals surface area contributed by atoms with Crippen molar-refractivity contribution >= 4 is 0 Å². The number of quaternary nitrogens is 4. The maximum absolute atomic E-state index is 2.27. The van der Waals surface area contributed by atoms with Crippen LogP contribution in [0, 0.1) is 0 Å². The van der Waals surface area contributed by atoms with Crippen LogP contribution in [-0.4, -0.2) is 145 Å². The third-order valence-corrected chi connectivity index (χ3v) is 10.7.